The first kappa shape index (κ1) is 39.5. The molecular weight excluding hydrogens is 720 g/mol. The second kappa shape index (κ2) is 16.6. The Morgan fingerprint density at radius 1 is 1.04 bits per heavy atom. The second-order valence-corrected chi connectivity index (χ2v) is 16.2. The monoisotopic (exact) mass is 768 g/mol. The van der Waals surface area contributed by atoms with Gasteiger partial charge in [0.15, 0.2) is 5.82 Å². The number of anilines is 6. The summed E-state index contributed by atoms with van der Waals surface area (Å²) in [6.07, 6.45) is 7.99. The molecule has 1 saturated heterocycles. The molecule has 1 fully saturated rings. The third kappa shape index (κ3) is 10.3. The highest BCUT2D eigenvalue weighted by Crippen LogP contribution is 2.38. The quantitative estimate of drug-likeness (QED) is 0.139. The number of likely N-dealkylation sites (N-methyl/N-ethyl adjacent to an activating group) is 2. The molecule has 53 heavy (non-hydrogen) atoms. The Labute approximate surface area is 316 Å². The normalized spacial score (nSPS) is 14.0. The summed E-state index contributed by atoms with van der Waals surface area (Å²) in [5.74, 6) is 1.13. The van der Waals surface area contributed by atoms with Gasteiger partial charge in [-0.05, 0) is 70.8 Å². The Bertz CT molecular complexity index is 2040. The number of carbonyl (C=O) groups excluding carboxylic acids is 1. The van der Waals surface area contributed by atoms with Crippen LogP contribution in [-0.2, 0) is 21.2 Å². The van der Waals surface area contributed by atoms with Gasteiger partial charge < -0.3 is 34.8 Å². The van der Waals surface area contributed by atoms with Gasteiger partial charge in [0.2, 0.25) is 16.0 Å². The van der Waals surface area contributed by atoms with Crippen molar-refractivity contribution in [3.8, 4) is 5.75 Å². The summed E-state index contributed by atoms with van der Waals surface area (Å²) in [5, 5.41) is 6.65. The SMILES string of the molecule is CCc1cc(Nc2ncc(Cl)c(Nc3ccc4nccnc4c3NS(C)(=O)=O)n2)c(OC)cc1N1CCC(N(C)CCN(C)C(=O)OC(C)(C)C)CC1. The van der Waals surface area contributed by atoms with Gasteiger partial charge in [-0.3, -0.25) is 14.7 Å². The van der Waals surface area contributed by atoms with Crippen LogP contribution in [0.4, 0.5) is 39.3 Å². The van der Waals surface area contributed by atoms with Crippen molar-refractivity contribution in [1.82, 2.24) is 29.7 Å². The van der Waals surface area contributed by atoms with E-state index in [4.69, 9.17) is 21.1 Å². The van der Waals surface area contributed by atoms with E-state index < -0.39 is 15.6 Å². The van der Waals surface area contributed by atoms with E-state index in [2.05, 4.69) is 71.2 Å². The first-order valence-electron chi connectivity index (χ1n) is 17.4. The first-order chi connectivity index (χ1) is 25.0. The molecule has 3 N–H and O–H groups in total. The van der Waals surface area contributed by atoms with Crippen molar-refractivity contribution in [2.24, 2.45) is 0 Å². The maximum atomic E-state index is 12.4. The molecular formula is C36H49ClN10O5S. The van der Waals surface area contributed by atoms with Crippen LogP contribution in [0, 0.1) is 0 Å². The minimum atomic E-state index is -3.66. The Kier molecular flexibility index (Phi) is 12.4. The molecule has 0 saturated carbocycles. The summed E-state index contributed by atoms with van der Waals surface area (Å²) in [5.41, 5.74) is 3.89. The Hall–Kier alpha value is -4.67. The van der Waals surface area contributed by atoms with Crippen molar-refractivity contribution in [3.63, 3.8) is 0 Å². The number of nitrogens with one attached hydrogen (secondary N) is 3. The number of amides is 1. The molecule has 1 amide bonds. The molecule has 0 spiro atoms. The molecule has 3 heterocycles. The molecule has 1 aliphatic rings. The lowest BCUT2D eigenvalue weighted by molar-refractivity contribution is 0.0278. The molecule has 286 valence electrons. The molecule has 5 rings (SSSR count). The minimum absolute atomic E-state index is 0.216. The van der Waals surface area contributed by atoms with Gasteiger partial charge in [-0.1, -0.05) is 18.5 Å². The molecule has 17 heteroatoms. The maximum absolute atomic E-state index is 12.4. The highest BCUT2D eigenvalue weighted by molar-refractivity contribution is 7.92. The van der Waals surface area contributed by atoms with Gasteiger partial charge in [-0.15, -0.1) is 0 Å². The largest absolute Gasteiger partial charge is 0.494 e. The number of methoxy groups -OCH3 is 1. The number of aryl methyl sites for hydroxylation is 1. The van der Waals surface area contributed by atoms with E-state index in [0.717, 1.165) is 56.4 Å². The Balaban J connectivity index is 1.29. The summed E-state index contributed by atoms with van der Waals surface area (Å²) >= 11 is 6.52. The number of nitrogens with zero attached hydrogens (tertiary/aromatic N) is 7. The van der Waals surface area contributed by atoms with Crippen LogP contribution in [0.25, 0.3) is 11.0 Å². The number of piperidine rings is 1. The molecule has 15 nitrogen and oxygen atoms in total. The highest BCUT2D eigenvalue weighted by atomic mass is 35.5. The number of aromatic nitrogens is 4. The van der Waals surface area contributed by atoms with Crippen LogP contribution in [0.1, 0.15) is 46.1 Å². The molecule has 0 bridgehead atoms. The van der Waals surface area contributed by atoms with Gasteiger partial charge in [0.25, 0.3) is 0 Å². The van der Waals surface area contributed by atoms with Crippen LogP contribution in [0.2, 0.25) is 5.02 Å². The summed E-state index contributed by atoms with van der Waals surface area (Å²) in [6, 6.07) is 7.91. The van der Waals surface area contributed by atoms with E-state index in [1.807, 2.05) is 20.8 Å². The number of ether oxygens (including phenoxy) is 2. The fraction of sp³-hybridized carbons (Fsp3) is 0.472. The third-order valence-electron chi connectivity index (χ3n) is 8.88. The van der Waals surface area contributed by atoms with Crippen LogP contribution >= 0.6 is 11.6 Å². The Morgan fingerprint density at radius 2 is 1.75 bits per heavy atom. The highest BCUT2D eigenvalue weighted by Gasteiger charge is 2.26. The predicted octanol–water partition coefficient (Wildman–Crippen LogP) is 6.27. The number of hydrogen-bond donors (Lipinski definition) is 3. The van der Waals surface area contributed by atoms with Crippen LogP contribution in [0.5, 0.6) is 5.75 Å². The molecule has 2 aromatic heterocycles. The molecule has 1 aliphatic heterocycles. The van der Waals surface area contributed by atoms with Crippen LogP contribution < -0.4 is 25.0 Å². The van der Waals surface area contributed by atoms with E-state index in [1.54, 1.807) is 31.2 Å². The van der Waals surface area contributed by atoms with Crippen LogP contribution in [0.3, 0.4) is 0 Å². The Morgan fingerprint density at radius 3 is 2.42 bits per heavy atom. The lowest BCUT2D eigenvalue weighted by Gasteiger charge is -2.39. The second-order valence-electron chi connectivity index (χ2n) is 14.1. The van der Waals surface area contributed by atoms with Crippen LogP contribution in [0.15, 0.2) is 42.9 Å². The van der Waals surface area contributed by atoms with Crippen molar-refractivity contribution in [3.05, 3.63) is 53.4 Å². The van der Waals surface area contributed by atoms with E-state index in [1.165, 1.54) is 18.6 Å². The number of rotatable bonds is 13. The summed E-state index contributed by atoms with van der Waals surface area (Å²) in [7, 11) is 1.86. The third-order valence-corrected chi connectivity index (χ3v) is 9.73. The van der Waals surface area contributed by atoms with Gasteiger partial charge in [0.1, 0.15) is 21.9 Å². The molecule has 4 aromatic rings. The van der Waals surface area contributed by atoms with Crippen molar-refractivity contribution in [1.29, 1.82) is 0 Å². The van der Waals surface area contributed by atoms with Crippen LogP contribution in [-0.4, -0.2) is 110 Å². The molecule has 0 unspecified atom stereocenters. The number of sulfonamides is 1. The zero-order chi connectivity index (χ0) is 38.5. The smallest absolute Gasteiger partial charge is 0.410 e. The average molecular weight is 769 g/mol. The molecule has 0 aliphatic carbocycles. The maximum Gasteiger partial charge on any atom is 0.410 e. The number of halogens is 1. The van der Waals surface area contributed by atoms with Crippen molar-refractivity contribution < 1.29 is 22.7 Å². The molecule has 2 aromatic carbocycles. The zero-order valence-electron chi connectivity index (χ0n) is 31.5. The van der Waals surface area contributed by atoms with E-state index in [0.29, 0.717) is 40.7 Å². The molecule has 0 atom stereocenters. The summed E-state index contributed by atoms with van der Waals surface area (Å²) in [4.78, 5) is 36.4. The standard InChI is InChI=1S/C36H49ClN10O5S/c1-9-23-20-28(30(51-7)21-29(23)47-16-12-24(13-17-47)45(5)18-19-46(6)35(48)52-36(2,3)4)42-34-40-22-25(37)33(43-34)41-27-11-10-26-31(39-15-14-38-26)32(27)44-53(8,49)50/h10-11,14-15,20-22,24,44H,9,12-13,16-19H2,1-8H3,(H2,40,41,42,43). The van der Waals surface area contributed by atoms with E-state index in [9.17, 15) is 13.2 Å². The number of benzene rings is 2. The molecule has 0 radical (unpaired) electrons. The zero-order valence-corrected chi connectivity index (χ0v) is 33.1. The van der Waals surface area contributed by atoms with Crippen molar-refractivity contribution >= 4 is 73.3 Å². The predicted molar refractivity (Wildman–Crippen MR) is 211 cm³/mol. The van der Waals surface area contributed by atoms with Gasteiger partial charge in [0.05, 0.1) is 42.1 Å². The van der Waals surface area contributed by atoms with Gasteiger partial charge >= 0.3 is 6.09 Å². The lowest BCUT2D eigenvalue weighted by atomic mass is 10.0. The van der Waals surface area contributed by atoms with E-state index in [-0.39, 0.29) is 28.6 Å². The topological polar surface area (TPSA) is 167 Å². The summed E-state index contributed by atoms with van der Waals surface area (Å²) in [6.45, 7) is 10.8. The number of hydrogen-bond acceptors (Lipinski definition) is 13. The van der Waals surface area contributed by atoms with Gasteiger partial charge in [0, 0.05) is 63.4 Å². The van der Waals surface area contributed by atoms with E-state index >= 15 is 0 Å². The fourth-order valence-corrected chi connectivity index (χ4v) is 6.84. The van der Waals surface area contributed by atoms with Gasteiger partial charge in [-0.25, -0.2) is 18.2 Å². The van der Waals surface area contributed by atoms with Crippen molar-refractivity contribution in [2.75, 3.05) is 73.9 Å². The fourth-order valence-electron chi connectivity index (χ4n) is 6.12. The van der Waals surface area contributed by atoms with Gasteiger partial charge in [-0.2, -0.15) is 4.98 Å². The first-order valence-corrected chi connectivity index (χ1v) is 19.7. The number of carbonyl (C=O) groups is 1. The van der Waals surface area contributed by atoms with Crippen molar-refractivity contribution in [2.45, 2.75) is 58.6 Å². The minimum Gasteiger partial charge on any atom is -0.494 e. The summed E-state index contributed by atoms with van der Waals surface area (Å²) < 4.78 is 38.4. The average Bonchev–Trinajstić information content (AvgIpc) is 3.11. The number of fused-ring (bicyclic) bond motifs is 1. The lowest BCUT2D eigenvalue weighted by Crippen LogP contribution is -2.46.